The van der Waals surface area contributed by atoms with Crippen LogP contribution in [-0.4, -0.2) is 66.1 Å². The molecule has 0 saturated carbocycles. The summed E-state index contributed by atoms with van der Waals surface area (Å²) in [5.41, 5.74) is 2.86. The van der Waals surface area contributed by atoms with E-state index in [1.165, 1.54) is 11.5 Å². The molecule has 0 atom stereocenters. The number of nitrogens with zero attached hydrogens (tertiary/aromatic N) is 8. The van der Waals surface area contributed by atoms with Crippen LogP contribution >= 0.6 is 11.5 Å². The molecule has 4 heterocycles. The number of hydrogen-bond donors (Lipinski definition) is 0. The number of anilines is 1. The summed E-state index contributed by atoms with van der Waals surface area (Å²) in [6.07, 6.45) is 5.10. The molecule has 0 bridgehead atoms. The van der Waals surface area contributed by atoms with Gasteiger partial charge in [0.1, 0.15) is 29.2 Å². The van der Waals surface area contributed by atoms with Gasteiger partial charge < -0.3 is 9.80 Å². The summed E-state index contributed by atoms with van der Waals surface area (Å²) in [7, 11) is 0. The Labute approximate surface area is 173 Å². The minimum Gasteiger partial charge on any atom is -0.353 e. The van der Waals surface area contributed by atoms with Crippen molar-refractivity contribution < 1.29 is 4.79 Å². The molecule has 3 aromatic heterocycles. The highest BCUT2D eigenvalue weighted by Gasteiger charge is 2.26. The zero-order chi connectivity index (χ0) is 20.4. The molecule has 152 valence electrons. The van der Waals surface area contributed by atoms with Crippen LogP contribution in [0.15, 0.2) is 18.7 Å². The standard InChI is InChI=1S/C19H24N8OS/c1-4-5-15-18(29-24-23-15)19(28)26-8-6-25(7-9-26)16-10-17(21-11-20-16)27-12-22-13(2)14(27)3/h10-12H,4-9H2,1-3H3. The number of carbonyl (C=O) groups is 1. The van der Waals surface area contributed by atoms with Crippen LogP contribution in [0, 0.1) is 13.8 Å². The molecule has 1 aliphatic heterocycles. The minimum atomic E-state index is 0.0380. The van der Waals surface area contributed by atoms with Crippen molar-refractivity contribution in [3.05, 3.63) is 40.7 Å². The van der Waals surface area contributed by atoms with Crippen LogP contribution in [-0.2, 0) is 6.42 Å². The third-order valence-electron chi connectivity index (χ3n) is 5.26. The van der Waals surface area contributed by atoms with E-state index >= 15 is 0 Å². The highest BCUT2D eigenvalue weighted by Crippen LogP contribution is 2.20. The third kappa shape index (κ3) is 3.84. The fraction of sp³-hybridized carbons (Fsp3) is 0.474. The lowest BCUT2D eigenvalue weighted by molar-refractivity contribution is 0.0750. The number of imidazole rings is 1. The number of amides is 1. The van der Waals surface area contributed by atoms with Gasteiger partial charge in [-0.1, -0.05) is 17.8 Å². The molecule has 0 radical (unpaired) electrons. The molecule has 0 spiro atoms. The number of piperazine rings is 1. The molecule has 1 aliphatic rings. The lowest BCUT2D eigenvalue weighted by atomic mass is 10.2. The van der Waals surface area contributed by atoms with Crippen LogP contribution in [0.4, 0.5) is 5.82 Å². The van der Waals surface area contributed by atoms with Gasteiger partial charge in [0.15, 0.2) is 0 Å². The largest absolute Gasteiger partial charge is 0.353 e. The maximum atomic E-state index is 12.9. The molecular formula is C19H24N8OS. The highest BCUT2D eigenvalue weighted by atomic mass is 32.1. The van der Waals surface area contributed by atoms with E-state index in [0.29, 0.717) is 18.0 Å². The number of carbonyl (C=O) groups excluding carboxylic acids is 1. The van der Waals surface area contributed by atoms with Gasteiger partial charge >= 0.3 is 0 Å². The maximum Gasteiger partial charge on any atom is 0.267 e. The minimum absolute atomic E-state index is 0.0380. The zero-order valence-corrected chi connectivity index (χ0v) is 17.7. The third-order valence-corrected chi connectivity index (χ3v) is 6.02. The van der Waals surface area contributed by atoms with Crippen LogP contribution in [0.3, 0.4) is 0 Å². The van der Waals surface area contributed by atoms with Gasteiger partial charge in [0.05, 0.1) is 11.4 Å². The van der Waals surface area contributed by atoms with Crippen LogP contribution in [0.2, 0.25) is 0 Å². The van der Waals surface area contributed by atoms with E-state index in [4.69, 9.17) is 0 Å². The number of hydrogen-bond acceptors (Lipinski definition) is 8. The molecule has 1 amide bonds. The summed E-state index contributed by atoms with van der Waals surface area (Å²) >= 11 is 1.20. The van der Waals surface area contributed by atoms with Crippen LogP contribution < -0.4 is 4.90 Å². The second-order valence-electron chi connectivity index (χ2n) is 7.10. The molecule has 0 aliphatic carbocycles. The summed E-state index contributed by atoms with van der Waals surface area (Å²) in [5.74, 6) is 1.70. The molecule has 0 N–H and O–H groups in total. The zero-order valence-electron chi connectivity index (χ0n) is 16.9. The van der Waals surface area contributed by atoms with Gasteiger partial charge in [-0.05, 0) is 31.8 Å². The second kappa shape index (κ2) is 8.24. The van der Waals surface area contributed by atoms with Crippen molar-refractivity contribution in [3.8, 4) is 5.82 Å². The first-order chi connectivity index (χ1) is 14.1. The van der Waals surface area contributed by atoms with E-state index in [0.717, 1.165) is 54.6 Å². The Balaban J connectivity index is 1.45. The van der Waals surface area contributed by atoms with Gasteiger partial charge in [-0.25, -0.2) is 15.0 Å². The van der Waals surface area contributed by atoms with Crippen LogP contribution in [0.1, 0.15) is 40.1 Å². The predicted octanol–water partition coefficient (Wildman–Crippen LogP) is 2.05. The van der Waals surface area contributed by atoms with E-state index < -0.39 is 0 Å². The van der Waals surface area contributed by atoms with Crippen molar-refractivity contribution in [1.29, 1.82) is 0 Å². The molecule has 29 heavy (non-hydrogen) atoms. The van der Waals surface area contributed by atoms with Gasteiger partial charge in [0.2, 0.25) is 0 Å². The molecule has 9 nitrogen and oxygen atoms in total. The summed E-state index contributed by atoms with van der Waals surface area (Å²) in [5, 5.41) is 4.12. The molecule has 10 heteroatoms. The lowest BCUT2D eigenvalue weighted by Gasteiger charge is -2.35. The van der Waals surface area contributed by atoms with Crippen molar-refractivity contribution in [2.45, 2.75) is 33.6 Å². The van der Waals surface area contributed by atoms with E-state index in [-0.39, 0.29) is 5.91 Å². The van der Waals surface area contributed by atoms with Gasteiger partial charge in [-0.15, -0.1) is 5.10 Å². The highest BCUT2D eigenvalue weighted by molar-refractivity contribution is 7.08. The fourth-order valence-electron chi connectivity index (χ4n) is 3.43. The first-order valence-corrected chi connectivity index (χ1v) is 10.5. The summed E-state index contributed by atoms with van der Waals surface area (Å²) < 4.78 is 5.94. The van der Waals surface area contributed by atoms with Crippen molar-refractivity contribution in [2.24, 2.45) is 0 Å². The Morgan fingerprint density at radius 1 is 1.10 bits per heavy atom. The van der Waals surface area contributed by atoms with Crippen LogP contribution in [0.5, 0.6) is 0 Å². The summed E-state index contributed by atoms with van der Waals surface area (Å²) in [4.78, 5) is 30.8. The van der Waals surface area contributed by atoms with E-state index in [2.05, 4.69) is 36.4 Å². The SMILES string of the molecule is CCCc1nnsc1C(=O)N1CCN(c2cc(-n3cnc(C)c3C)ncn2)CC1. The topological polar surface area (TPSA) is 92.9 Å². The predicted molar refractivity (Wildman–Crippen MR) is 111 cm³/mol. The molecule has 4 rings (SSSR count). The van der Waals surface area contributed by atoms with Crippen molar-refractivity contribution in [2.75, 3.05) is 31.1 Å². The Morgan fingerprint density at radius 2 is 1.86 bits per heavy atom. The van der Waals surface area contributed by atoms with Gasteiger partial charge in [0, 0.05) is 37.9 Å². The molecule has 1 saturated heterocycles. The quantitative estimate of drug-likeness (QED) is 0.633. The smallest absolute Gasteiger partial charge is 0.267 e. The second-order valence-corrected chi connectivity index (χ2v) is 7.85. The fourth-order valence-corrected chi connectivity index (χ4v) is 4.10. The molecule has 0 unspecified atom stereocenters. The number of rotatable bonds is 5. The van der Waals surface area contributed by atoms with E-state index in [1.807, 2.05) is 29.4 Å². The Bertz CT molecular complexity index is 1010. The molecule has 0 aromatic carbocycles. The van der Waals surface area contributed by atoms with Gasteiger partial charge in [-0.2, -0.15) is 0 Å². The van der Waals surface area contributed by atoms with Gasteiger partial charge in [0.25, 0.3) is 5.91 Å². The Morgan fingerprint density at radius 3 is 2.55 bits per heavy atom. The summed E-state index contributed by atoms with van der Waals surface area (Å²) in [6, 6.07) is 1.97. The monoisotopic (exact) mass is 412 g/mol. The average Bonchev–Trinajstić information content (AvgIpc) is 3.35. The maximum absolute atomic E-state index is 12.9. The number of aryl methyl sites for hydroxylation is 2. The normalized spacial score (nSPS) is 14.4. The molecule has 3 aromatic rings. The van der Waals surface area contributed by atoms with Crippen molar-refractivity contribution >= 4 is 23.3 Å². The Hall–Kier alpha value is -2.88. The van der Waals surface area contributed by atoms with Crippen molar-refractivity contribution in [1.82, 2.24) is 34.0 Å². The number of aromatic nitrogens is 6. The van der Waals surface area contributed by atoms with Crippen molar-refractivity contribution in [3.63, 3.8) is 0 Å². The lowest BCUT2D eigenvalue weighted by Crippen LogP contribution is -2.49. The first kappa shape index (κ1) is 19.4. The van der Waals surface area contributed by atoms with E-state index in [1.54, 1.807) is 12.7 Å². The average molecular weight is 413 g/mol. The van der Waals surface area contributed by atoms with Crippen LogP contribution in [0.25, 0.3) is 5.82 Å². The first-order valence-electron chi connectivity index (χ1n) is 9.77. The summed E-state index contributed by atoms with van der Waals surface area (Å²) in [6.45, 7) is 8.81. The molecular weight excluding hydrogens is 388 g/mol. The van der Waals surface area contributed by atoms with E-state index in [9.17, 15) is 4.79 Å². The van der Waals surface area contributed by atoms with Gasteiger partial charge in [-0.3, -0.25) is 9.36 Å². The molecule has 1 fully saturated rings. The Kier molecular flexibility index (Phi) is 5.52.